The molecular formula is C25H35N5S. The Morgan fingerprint density at radius 1 is 1.03 bits per heavy atom. The van der Waals surface area contributed by atoms with Crippen molar-refractivity contribution in [2.45, 2.75) is 18.9 Å². The average Bonchev–Trinajstić information content (AvgIpc) is 2.79. The Bertz CT molecular complexity index is 854. The topological polar surface area (TPSA) is 33.8 Å². The predicted molar refractivity (Wildman–Crippen MR) is 136 cm³/mol. The second-order valence-electron chi connectivity index (χ2n) is 9.19. The second kappa shape index (κ2) is 9.88. The third-order valence-electron chi connectivity index (χ3n) is 6.86. The predicted octanol–water partition coefficient (Wildman–Crippen LogP) is 3.89. The van der Waals surface area contributed by atoms with Crippen molar-refractivity contribution in [3.63, 3.8) is 0 Å². The highest BCUT2D eigenvalue weighted by molar-refractivity contribution is 7.80. The van der Waals surface area contributed by atoms with E-state index in [1.165, 1.54) is 37.3 Å². The monoisotopic (exact) mass is 437 g/mol. The van der Waals surface area contributed by atoms with Crippen molar-refractivity contribution in [2.24, 2.45) is 11.8 Å². The van der Waals surface area contributed by atoms with Crippen LogP contribution in [0.4, 0.5) is 17.1 Å². The first-order valence-corrected chi connectivity index (χ1v) is 11.7. The van der Waals surface area contributed by atoms with E-state index in [0.29, 0.717) is 11.2 Å². The minimum Gasteiger partial charge on any atom is -0.378 e. The zero-order chi connectivity index (χ0) is 21.8. The first kappa shape index (κ1) is 21.9. The van der Waals surface area contributed by atoms with Gasteiger partial charge >= 0.3 is 0 Å². The standard InChI is InChI=1S/C25H35N5S/c1-28(2)22-11-9-21(10-12-22)27-25(31)26-16-24-15-19-13-14-30(24)18-20(19)17-29(3)23-7-5-4-6-8-23/h4-12,19-20,24H,13-18H2,1-3H3,(H2,26,27,31)/t19-,20+,24-/m1/s1. The number of anilines is 3. The van der Waals surface area contributed by atoms with Crippen molar-refractivity contribution in [3.05, 3.63) is 54.6 Å². The number of thiocarbonyl (C=S) groups is 1. The molecule has 0 saturated carbocycles. The molecule has 0 spiro atoms. The summed E-state index contributed by atoms with van der Waals surface area (Å²) in [5.41, 5.74) is 3.52. The van der Waals surface area contributed by atoms with E-state index in [-0.39, 0.29) is 0 Å². The molecule has 31 heavy (non-hydrogen) atoms. The molecule has 0 aliphatic carbocycles. The summed E-state index contributed by atoms with van der Waals surface area (Å²) >= 11 is 5.55. The summed E-state index contributed by atoms with van der Waals surface area (Å²) in [4.78, 5) is 7.18. The second-order valence-corrected chi connectivity index (χ2v) is 9.59. The van der Waals surface area contributed by atoms with Crippen molar-refractivity contribution in [2.75, 3.05) is 62.4 Å². The van der Waals surface area contributed by atoms with E-state index in [9.17, 15) is 0 Å². The Hall–Kier alpha value is -2.31. The molecule has 2 aromatic carbocycles. The van der Waals surface area contributed by atoms with Gasteiger partial charge in [-0.15, -0.1) is 0 Å². The molecular weight excluding hydrogens is 402 g/mol. The molecule has 1 unspecified atom stereocenters. The van der Waals surface area contributed by atoms with Crippen LogP contribution in [-0.2, 0) is 0 Å². The van der Waals surface area contributed by atoms with Gasteiger partial charge < -0.3 is 20.4 Å². The Morgan fingerprint density at radius 3 is 2.42 bits per heavy atom. The third-order valence-corrected chi connectivity index (χ3v) is 7.11. The molecule has 2 bridgehead atoms. The van der Waals surface area contributed by atoms with E-state index in [2.05, 4.69) is 87.0 Å². The van der Waals surface area contributed by atoms with Crippen LogP contribution >= 0.6 is 12.2 Å². The van der Waals surface area contributed by atoms with Crippen LogP contribution in [0, 0.1) is 11.8 Å². The van der Waals surface area contributed by atoms with Crippen LogP contribution in [0.2, 0.25) is 0 Å². The number of nitrogens with one attached hydrogen (secondary N) is 2. The van der Waals surface area contributed by atoms with Gasteiger partial charge in [0.1, 0.15) is 0 Å². The van der Waals surface area contributed by atoms with Crippen LogP contribution in [0.5, 0.6) is 0 Å². The van der Waals surface area contributed by atoms with E-state index in [4.69, 9.17) is 12.2 Å². The van der Waals surface area contributed by atoms with Crippen LogP contribution < -0.4 is 20.4 Å². The summed E-state index contributed by atoms with van der Waals surface area (Å²) in [6.07, 6.45) is 2.59. The molecule has 2 aromatic rings. The smallest absolute Gasteiger partial charge is 0.170 e. The van der Waals surface area contributed by atoms with Crippen molar-refractivity contribution in [3.8, 4) is 0 Å². The fraction of sp³-hybridized carbons (Fsp3) is 0.480. The maximum Gasteiger partial charge on any atom is 0.170 e. The first-order chi connectivity index (χ1) is 15.0. The first-order valence-electron chi connectivity index (χ1n) is 11.3. The molecule has 0 amide bonds. The summed E-state index contributed by atoms with van der Waals surface area (Å²) in [5, 5.41) is 7.49. The zero-order valence-corrected chi connectivity index (χ0v) is 19.7. The van der Waals surface area contributed by atoms with Gasteiger partial charge in [0.25, 0.3) is 0 Å². The summed E-state index contributed by atoms with van der Waals surface area (Å²) < 4.78 is 0. The van der Waals surface area contributed by atoms with Crippen molar-refractivity contribution in [1.29, 1.82) is 0 Å². The highest BCUT2D eigenvalue weighted by Gasteiger charge is 2.40. The van der Waals surface area contributed by atoms with Crippen LogP contribution in [0.1, 0.15) is 12.8 Å². The summed E-state index contributed by atoms with van der Waals surface area (Å²) in [6.45, 7) is 4.46. The van der Waals surface area contributed by atoms with Crippen molar-refractivity contribution in [1.82, 2.24) is 10.2 Å². The molecule has 3 heterocycles. The third kappa shape index (κ3) is 5.49. The van der Waals surface area contributed by atoms with Crippen LogP contribution in [-0.4, -0.2) is 63.4 Å². The number of para-hydroxylation sites is 1. The Balaban J connectivity index is 1.24. The molecule has 0 radical (unpaired) electrons. The van der Waals surface area contributed by atoms with E-state index in [1.54, 1.807) is 0 Å². The number of nitrogens with zero attached hydrogens (tertiary/aromatic N) is 3. The molecule has 6 heteroatoms. The highest BCUT2D eigenvalue weighted by Crippen LogP contribution is 2.36. The van der Waals surface area contributed by atoms with Gasteiger partial charge in [-0.05, 0) is 79.8 Å². The number of piperidine rings is 3. The Labute approximate surface area is 192 Å². The largest absolute Gasteiger partial charge is 0.378 e. The van der Waals surface area contributed by atoms with Crippen LogP contribution in [0.15, 0.2) is 54.6 Å². The van der Waals surface area contributed by atoms with Gasteiger partial charge in [0, 0.05) is 63.9 Å². The molecule has 3 fully saturated rings. The van der Waals surface area contributed by atoms with Crippen LogP contribution in [0.25, 0.3) is 0 Å². The van der Waals surface area contributed by atoms with E-state index in [1.807, 2.05) is 14.1 Å². The lowest BCUT2D eigenvalue weighted by Crippen LogP contribution is -2.58. The average molecular weight is 438 g/mol. The van der Waals surface area contributed by atoms with E-state index in [0.717, 1.165) is 30.6 Å². The molecule has 166 valence electrons. The molecule has 3 saturated heterocycles. The lowest BCUT2D eigenvalue weighted by Gasteiger charge is -2.51. The van der Waals surface area contributed by atoms with Crippen molar-refractivity contribution < 1.29 is 0 Å². The summed E-state index contributed by atoms with van der Waals surface area (Å²) in [5.74, 6) is 1.55. The van der Waals surface area contributed by atoms with E-state index >= 15 is 0 Å². The molecule has 3 aliphatic heterocycles. The molecule has 4 atom stereocenters. The molecule has 5 rings (SSSR count). The van der Waals surface area contributed by atoms with Crippen molar-refractivity contribution >= 4 is 34.4 Å². The number of benzene rings is 2. The van der Waals surface area contributed by atoms with Gasteiger partial charge in [0.15, 0.2) is 5.11 Å². The fourth-order valence-electron chi connectivity index (χ4n) is 5.04. The highest BCUT2D eigenvalue weighted by atomic mass is 32.1. The number of fused-ring (bicyclic) bond motifs is 3. The van der Waals surface area contributed by atoms with Crippen LogP contribution in [0.3, 0.4) is 0 Å². The van der Waals surface area contributed by atoms with Gasteiger partial charge in [-0.2, -0.15) is 0 Å². The molecule has 3 aliphatic rings. The fourth-order valence-corrected chi connectivity index (χ4v) is 5.24. The zero-order valence-electron chi connectivity index (χ0n) is 18.9. The Morgan fingerprint density at radius 2 is 1.77 bits per heavy atom. The molecule has 2 N–H and O–H groups in total. The molecule has 5 nitrogen and oxygen atoms in total. The van der Waals surface area contributed by atoms with Gasteiger partial charge in [-0.25, -0.2) is 0 Å². The number of hydrogen-bond acceptors (Lipinski definition) is 4. The Kier molecular flexibility index (Phi) is 6.98. The quantitative estimate of drug-likeness (QED) is 0.640. The maximum atomic E-state index is 5.55. The summed E-state index contributed by atoms with van der Waals surface area (Å²) in [6, 6.07) is 19.7. The number of rotatable bonds is 7. The lowest BCUT2D eigenvalue weighted by molar-refractivity contribution is 0.00667. The SMILES string of the molecule is CN(C)c1ccc(NC(=S)NC[C@H]2C[C@H]3CCN2C[C@@H]3CN(C)c2ccccc2)cc1. The maximum absolute atomic E-state index is 5.55. The van der Waals surface area contributed by atoms with Gasteiger partial charge in [-0.3, -0.25) is 4.90 Å². The minimum absolute atomic E-state index is 0.577. The lowest BCUT2D eigenvalue weighted by atomic mass is 9.75. The van der Waals surface area contributed by atoms with Gasteiger partial charge in [0.05, 0.1) is 0 Å². The van der Waals surface area contributed by atoms with Gasteiger partial charge in [-0.1, -0.05) is 18.2 Å². The van der Waals surface area contributed by atoms with Gasteiger partial charge in [0.2, 0.25) is 0 Å². The van der Waals surface area contributed by atoms with E-state index < -0.39 is 0 Å². The number of hydrogen-bond donors (Lipinski definition) is 2. The normalized spacial score (nSPS) is 24.5. The summed E-state index contributed by atoms with van der Waals surface area (Å²) in [7, 11) is 6.32. The minimum atomic E-state index is 0.577. The molecule has 0 aromatic heterocycles.